The third kappa shape index (κ3) is 4.11. The molecular weight excluding hydrogens is 354 g/mol. The Labute approximate surface area is 154 Å². The quantitative estimate of drug-likeness (QED) is 0.542. The molecule has 0 fully saturated rings. The lowest BCUT2D eigenvalue weighted by atomic mass is 10.1. The number of halogens is 1. The van der Waals surface area contributed by atoms with Gasteiger partial charge in [0, 0.05) is 16.3 Å². The average molecular weight is 368 g/mol. The number of aromatic amines is 1. The smallest absolute Gasteiger partial charge is 0.270 e. The molecule has 1 N–H and O–H groups in total. The number of nitrogens with zero attached hydrogens (tertiary/aromatic N) is 2. The molecule has 0 saturated heterocycles. The maximum Gasteiger partial charge on any atom is 0.270 e. The Morgan fingerprint density at radius 1 is 1.16 bits per heavy atom. The van der Waals surface area contributed by atoms with Crippen LogP contribution in [0.2, 0.25) is 5.02 Å². The highest BCUT2D eigenvalue weighted by atomic mass is 35.5. The zero-order valence-corrected chi connectivity index (χ0v) is 15.0. The van der Waals surface area contributed by atoms with E-state index < -0.39 is 5.56 Å². The number of hydrogen-bond donors (Lipinski definition) is 1. The van der Waals surface area contributed by atoms with E-state index in [2.05, 4.69) is 9.97 Å². The second kappa shape index (κ2) is 7.56. The Morgan fingerprint density at radius 3 is 2.48 bits per heavy atom. The molecule has 25 heavy (non-hydrogen) atoms. The second-order valence-electron chi connectivity index (χ2n) is 5.49. The van der Waals surface area contributed by atoms with Crippen molar-refractivity contribution in [2.45, 2.75) is 17.8 Å². The molecule has 0 spiro atoms. The molecule has 0 aliphatic heterocycles. The number of H-pyrrole nitrogens is 1. The SMILES string of the molecule is Cc1ccc(-c2nc(SCc3ccc(Cl)cc3)[nH]c(=O)c2C#N)cc1. The zero-order valence-electron chi connectivity index (χ0n) is 13.4. The van der Waals surface area contributed by atoms with E-state index in [-0.39, 0.29) is 5.56 Å². The van der Waals surface area contributed by atoms with Crippen LogP contribution in [0.15, 0.2) is 58.5 Å². The molecule has 0 aliphatic carbocycles. The molecule has 0 bridgehead atoms. The molecule has 0 atom stereocenters. The van der Waals surface area contributed by atoms with Gasteiger partial charge in [0.2, 0.25) is 0 Å². The summed E-state index contributed by atoms with van der Waals surface area (Å²) in [5, 5.41) is 10.5. The summed E-state index contributed by atoms with van der Waals surface area (Å²) in [7, 11) is 0. The molecule has 0 saturated carbocycles. The molecule has 0 unspecified atom stereocenters. The Kier molecular flexibility index (Phi) is 5.22. The van der Waals surface area contributed by atoms with Crippen molar-refractivity contribution in [3.63, 3.8) is 0 Å². The molecular formula is C19H14ClN3OS. The van der Waals surface area contributed by atoms with Crippen molar-refractivity contribution in [3.8, 4) is 17.3 Å². The van der Waals surface area contributed by atoms with Crippen LogP contribution in [-0.4, -0.2) is 9.97 Å². The van der Waals surface area contributed by atoms with Crippen molar-refractivity contribution in [2.24, 2.45) is 0 Å². The molecule has 0 aliphatic rings. The van der Waals surface area contributed by atoms with Gasteiger partial charge in [0.1, 0.15) is 11.6 Å². The lowest BCUT2D eigenvalue weighted by Gasteiger charge is -2.07. The van der Waals surface area contributed by atoms with E-state index in [1.54, 1.807) is 0 Å². The van der Waals surface area contributed by atoms with Crippen molar-refractivity contribution < 1.29 is 0 Å². The van der Waals surface area contributed by atoms with Crippen LogP contribution in [0.25, 0.3) is 11.3 Å². The number of aryl methyl sites for hydroxylation is 1. The van der Waals surface area contributed by atoms with Crippen LogP contribution in [0.3, 0.4) is 0 Å². The lowest BCUT2D eigenvalue weighted by Crippen LogP contribution is -2.14. The van der Waals surface area contributed by atoms with Gasteiger partial charge in [-0.15, -0.1) is 0 Å². The first kappa shape index (κ1) is 17.3. The Hall–Kier alpha value is -2.55. The Balaban J connectivity index is 1.93. The van der Waals surface area contributed by atoms with Crippen LogP contribution < -0.4 is 5.56 Å². The van der Waals surface area contributed by atoms with Crippen molar-refractivity contribution in [1.29, 1.82) is 5.26 Å². The van der Waals surface area contributed by atoms with Crippen molar-refractivity contribution in [3.05, 3.63) is 80.6 Å². The molecule has 2 aromatic carbocycles. The molecule has 3 rings (SSSR count). The van der Waals surface area contributed by atoms with Crippen LogP contribution in [-0.2, 0) is 5.75 Å². The standard InChI is InChI=1S/C19H14ClN3OS/c1-12-2-6-14(7-3-12)17-16(10-21)18(24)23-19(22-17)25-11-13-4-8-15(20)9-5-13/h2-9H,11H2,1H3,(H,22,23,24). The van der Waals surface area contributed by atoms with E-state index in [0.717, 1.165) is 16.7 Å². The minimum absolute atomic E-state index is 0.0275. The third-order valence-corrected chi connectivity index (χ3v) is 4.82. The molecule has 3 aromatic rings. The van der Waals surface area contributed by atoms with Gasteiger partial charge < -0.3 is 4.98 Å². The predicted octanol–water partition coefficient (Wildman–Crippen LogP) is 4.56. The lowest BCUT2D eigenvalue weighted by molar-refractivity contribution is 0.934. The summed E-state index contributed by atoms with van der Waals surface area (Å²) in [5.41, 5.74) is 2.93. The Bertz CT molecular complexity index is 989. The van der Waals surface area contributed by atoms with E-state index >= 15 is 0 Å². The molecule has 124 valence electrons. The van der Waals surface area contributed by atoms with Gasteiger partial charge in [0.15, 0.2) is 5.16 Å². The van der Waals surface area contributed by atoms with E-state index in [1.165, 1.54) is 11.8 Å². The van der Waals surface area contributed by atoms with Gasteiger partial charge in [-0.1, -0.05) is 65.3 Å². The minimum Gasteiger partial charge on any atom is -0.300 e. The topological polar surface area (TPSA) is 69.5 Å². The van der Waals surface area contributed by atoms with Crippen LogP contribution in [0, 0.1) is 18.3 Å². The molecule has 0 amide bonds. The predicted molar refractivity (Wildman–Crippen MR) is 101 cm³/mol. The van der Waals surface area contributed by atoms with Gasteiger partial charge in [-0.2, -0.15) is 5.26 Å². The van der Waals surface area contributed by atoms with Gasteiger partial charge in [-0.25, -0.2) is 4.98 Å². The number of nitrogens with one attached hydrogen (secondary N) is 1. The summed E-state index contributed by atoms with van der Waals surface area (Å²) in [4.78, 5) is 19.4. The van der Waals surface area contributed by atoms with E-state index in [4.69, 9.17) is 11.6 Å². The number of aromatic nitrogens is 2. The highest BCUT2D eigenvalue weighted by molar-refractivity contribution is 7.98. The number of benzene rings is 2. The van der Waals surface area contributed by atoms with Gasteiger partial charge in [0.25, 0.3) is 5.56 Å². The number of rotatable bonds is 4. The summed E-state index contributed by atoms with van der Waals surface area (Å²) >= 11 is 7.29. The third-order valence-electron chi connectivity index (χ3n) is 3.62. The van der Waals surface area contributed by atoms with Crippen molar-refractivity contribution >= 4 is 23.4 Å². The highest BCUT2D eigenvalue weighted by Crippen LogP contribution is 2.24. The minimum atomic E-state index is -0.424. The fraction of sp³-hybridized carbons (Fsp3) is 0.105. The number of hydrogen-bond acceptors (Lipinski definition) is 4. The van der Waals surface area contributed by atoms with Gasteiger partial charge in [-0.3, -0.25) is 4.79 Å². The monoisotopic (exact) mass is 367 g/mol. The maximum atomic E-state index is 12.2. The highest BCUT2D eigenvalue weighted by Gasteiger charge is 2.13. The molecule has 1 aromatic heterocycles. The molecule has 1 heterocycles. The maximum absolute atomic E-state index is 12.2. The fourth-order valence-electron chi connectivity index (χ4n) is 2.28. The van der Waals surface area contributed by atoms with Gasteiger partial charge >= 0.3 is 0 Å². The van der Waals surface area contributed by atoms with Crippen LogP contribution in [0.5, 0.6) is 0 Å². The summed E-state index contributed by atoms with van der Waals surface area (Å²) < 4.78 is 0. The fourth-order valence-corrected chi connectivity index (χ4v) is 3.22. The van der Waals surface area contributed by atoms with E-state index in [1.807, 2.05) is 61.5 Å². The van der Waals surface area contributed by atoms with Crippen molar-refractivity contribution in [2.75, 3.05) is 0 Å². The largest absolute Gasteiger partial charge is 0.300 e. The second-order valence-corrected chi connectivity index (χ2v) is 6.89. The van der Waals surface area contributed by atoms with Crippen molar-refractivity contribution in [1.82, 2.24) is 9.97 Å². The van der Waals surface area contributed by atoms with E-state index in [0.29, 0.717) is 21.6 Å². The first-order valence-corrected chi connectivity index (χ1v) is 8.92. The summed E-state index contributed by atoms with van der Waals surface area (Å²) in [6.45, 7) is 1.98. The van der Waals surface area contributed by atoms with Crippen LogP contribution >= 0.6 is 23.4 Å². The first-order valence-electron chi connectivity index (χ1n) is 7.55. The average Bonchev–Trinajstić information content (AvgIpc) is 2.61. The summed E-state index contributed by atoms with van der Waals surface area (Å²) in [6.07, 6.45) is 0. The molecule has 6 heteroatoms. The summed E-state index contributed by atoms with van der Waals surface area (Å²) in [5.74, 6) is 0.638. The van der Waals surface area contributed by atoms with Crippen LogP contribution in [0.4, 0.5) is 0 Å². The molecule has 0 radical (unpaired) electrons. The number of nitriles is 1. The molecule has 4 nitrogen and oxygen atoms in total. The normalized spacial score (nSPS) is 10.4. The van der Waals surface area contributed by atoms with Gasteiger partial charge in [0.05, 0.1) is 5.69 Å². The van der Waals surface area contributed by atoms with Crippen LogP contribution in [0.1, 0.15) is 16.7 Å². The number of thioether (sulfide) groups is 1. The van der Waals surface area contributed by atoms with E-state index in [9.17, 15) is 10.1 Å². The first-order chi connectivity index (χ1) is 12.1. The summed E-state index contributed by atoms with van der Waals surface area (Å²) in [6, 6.07) is 17.1. The Morgan fingerprint density at radius 2 is 1.84 bits per heavy atom. The zero-order chi connectivity index (χ0) is 17.8. The van der Waals surface area contributed by atoms with Gasteiger partial charge in [-0.05, 0) is 24.6 Å².